The van der Waals surface area contributed by atoms with Crippen molar-refractivity contribution in [2.45, 2.75) is 25.9 Å². The summed E-state index contributed by atoms with van der Waals surface area (Å²) in [5, 5.41) is 10.1. The minimum Gasteiger partial charge on any atom is -0.493 e. The molecule has 1 unspecified atom stereocenters. The van der Waals surface area contributed by atoms with Crippen molar-refractivity contribution in [1.82, 2.24) is 0 Å². The molecular formula is C12H15ClO3. The number of hydrogen-bond donors (Lipinski definition) is 1. The molecule has 4 heteroatoms. The molecule has 0 amide bonds. The standard InChI is InChI=1S/C12H15ClO3/c1-7(14)5-8-6-10(15-2)12-9(11(8)13)3-4-16-12/h6-7,14H,3-5H2,1-2H3. The van der Waals surface area contributed by atoms with Crippen LogP contribution in [-0.2, 0) is 12.8 Å². The second-order valence-corrected chi connectivity index (χ2v) is 4.39. The van der Waals surface area contributed by atoms with Crippen molar-refractivity contribution < 1.29 is 14.6 Å². The number of methoxy groups -OCH3 is 1. The first-order chi connectivity index (χ1) is 7.63. The molecule has 0 fully saturated rings. The topological polar surface area (TPSA) is 38.7 Å². The van der Waals surface area contributed by atoms with Crippen LogP contribution in [0.25, 0.3) is 0 Å². The van der Waals surface area contributed by atoms with Crippen molar-refractivity contribution in [1.29, 1.82) is 0 Å². The fraction of sp³-hybridized carbons (Fsp3) is 0.500. The number of fused-ring (bicyclic) bond motifs is 1. The van der Waals surface area contributed by atoms with Gasteiger partial charge >= 0.3 is 0 Å². The Morgan fingerprint density at radius 2 is 2.38 bits per heavy atom. The van der Waals surface area contributed by atoms with Gasteiger partial charge in [-0.3, -0.25) is 0 Å². The predicted molar refractivity (Wildman–Crippen MR) is 62.6 cm³/mol. The van der Waals surface area contributed by atoms with Gasteiger partial charge in [-0.1, -0.05) is 11.6 Å². The maximum atomic E-state index is 9.41. The summed E-state index contributed by atoms with van der Waals surface area (Å²) < 4.78 is 10.8. The summed E-state index contributed by atoms with van der Waals surface area (Å²) in [4.78, 5) is 0. The summed E-state index contributed by atoms with van der Waals surface area (Å²) in [6.45, 7) is 2.38. The van der Waals surface area contributed by atoms with Crippen molar-refractivity contribution in [2.75, 3.05) is 13.7 Å². The molecule has 1 aliphatic heterocycles. The molecule has 1 atom stereocenters. The van der Waals surface area contributed by atoms with Crippen LogP contribution in [0.4, 0.5) is 0 Å². The van der Waals surface area contributed by atoms with Crippen LogP contribution in [0.15, 0.2) is 6.07 Å². The maximum absolute atomic E-state index is 9.41. The zero-order chi connectivity index (χ0) is 11.7. The van der Waals surface area contributed by atoms with Crippen molar-refractivity contribution in [3.05, 3.63) is 22.2 Å². The quantitative estimate of drug-likeness (QED) is 0.883. The van der Waals surface area contributed by atoms with Crippen LogP contribution < -0.4 is 9.47 Å². The summed E-state index contributed by atoms with van der Waals surface area (Å²) >= 11 is 6.28. The molecule has 1 N–H and O–H groups in total. The Hall–Kier alpha value is -0.930. The number of rotatable bonds is 3. The molecule has 3 nitrogen and oxygen atoms in total. The van der Waals surface area contributed by atoms with E-state index < -0.39 is 6.10 Å². The van der Waals surface area contributed by atoms with Gasteiger partial charge in [0.15, 0.2) is 11.5 Å². The molecule has 1 aromatic carbocycles. The highest BCUT2D eigenvalue weighted by atomic mass is 35.5. The molecule has 2 rings (SSSR count). The minimum atomic E-state index is -0.414. The minimum absolute atomic E-state index is 0.414. The molecule has 0 radical (unpaired) electrons. The van der Waals surface area contributed by atoms with Gasteiger partial charge in [-0.05, 0) is 25.0 Å². The smallest absolute Gasteiger partial charge is 0.165 e. The molecule has 0 spiro atoms. The normalized spacial score (nSPS) is 15.5. The number of hydrogen-bond acceptors (Lipinski definition) is 3. The highest BCUT2D eigenvalue weighted by Crippen LogP contribution is 2.42. The van der Waals surface area contributed by atoms with Crippen LogP contribution in [0.1, 0.15) is 18.1 Å². The van der Waals surface area contributed by atoms with E-state index in [-0.39, 0.29) is 0 Å². The maximum Gasteiger partial charge on any atom is 0.165 e. The highest BCUT2D eigenvalue weighted by molar-refractivity contribution is 6.32. The van der Waals surface area contributed by atoms with Crippen molar-refractivity contribution in [3.63, 3.8) is 0 Å². The van der Waals surface area contributed by atoms with Crippen molar-refractivity contribution in [3.8, 4) is 11.5 Å². The van der Waals surface area contributed by atoms with E-state index in [4.69, 9.17) is 21.1 Å². The Morgan fingerprint density at radius 1 is 1.62 bits per heavy atom. The van der Waals surface area contributed by atoms with Crippen LogP contribution in [-0.4, -0.2) is 24.9 Å². The van der Waals surface area contributed by atoms with Gasteiger partial charge in [0.1, 0.15) is 0 Å². The molecule has 1 aromatic rings. The van der Waals surface area contributed by atoms with Gasteiger partial charge in [-0.15, -0.1) is 0 Å². The van der Waals surface area contributed by atoms with Crippen LogP contribution in [0, 0.1) is 0 Å². The summed E-state index contributed by atoms with van der Waals surface area (Å²) in [5.41, 5.74) is 1.91. The Labute approximate surface area is 99.9 Å². The van der Waals surface area contributed by atoms with Crippen molar-refractivity contribution in [2.24, 2.45) is 0 Å². The molecule has 0 saturated carbocycles. The highest BCUT2D eigenvalue weighted by Gasteiger charge is 2.23. The fourth-order valence-electron chi connectivity index (χ4n) is 1.98. The Morgan fingerprint density at radius 3 is 3.00 bits per heavy atom. The van der Waals surface area contributed by atoms with E-state index >= 15 is 0 Å². The predicted octanol–water partition coefficient (Wildman–Crippen LogP) is 2.21. The lowest BCUT2D eigenvalue weighted by atomic mass is 10.0. The first-order valence-electron chi connectivity index (χ1n) is 5.32. The first-order valence-corrected chi connectivity index (χ1v) is 5.70. The van der Waals surface area contributed by atoms with Gasteiger partial charge in [0, 0.05) is 12.0 Å². The second kappa shape index (κ2) is 4.52. The average molecular weight is 243 g/mol. The third-order valence-electron chi connectivity index (χ3n) is 2.68. The summed E-state index contributed by atoms with van der Waals surface area (Å²) in [7, 11) is 1.61. The lowest BCUT2D eigenvalue weighted by Gasteiger charge is -2.13. The fourth-order valence-corrected chi connectivity index (χ4v) is 2.30. The van der Waals surface area contributed by atoms with E-state index in [9.17, 15) is 5.11 Å². The number of halogens is 1. The van der Waals surface area contributed by atoms with E-state index in [2.05, 4.69) is 0 Å². The monoisotopic (exact) mass is 242 g/mol. The molecular weight excluding hydrogens is 228 g/mol. The molecule has 88 valence electrons. The van der Waals surface area contributed by atoms with E-state index in [1.54, 1.807) is 14.0 Å². The van der Waals surface area contributed by atoms with Gasteiger partial charge in [-0.25, -0.2) is 0 Å². The Kier molecular flexibility index (Phi) is 3.26. The lowest BCUT2D eigenvalue weighted by Crippen LogP contribution is -2.06. The average Bonchev–Trinajstić information content (AvgIpc) is 2.70. The third kappa shape index (κ3) is 1.97. The van der Waals surface area contributed by atoms with Gasteiger partial charge in [-0.2, -0.15) is 0 Å². The summed E-state index contributed by atoms with van der Waals surface area (Å²) in [6.07, 6.45) is 0.920. The number of ether oxygens (including phenoxy) is 2. The molecule has 0 aliphatic carbocycles. The Balaban J connectivity index is 2.47. The molecule has 1 heterocycles. The third-order valence-corrected chi connectivity index (χ3v) is 3.15. The lowest BCUT2D eigenvalue weighted by molar-refractivity contribution is 0.195. The molecule has 0 aromatic heterocycles. The largest absolute Gasteiger partial charge is 0.493 e. The van der Waals surface area contributed by atoms with Crippen LogP contribution in [0.3, 0.4) is 0 Å². The van der Waals surface area contributed by atoms with E-state index in [1.807, 2.05) is 6.07 Å². The van der Waals surface area contributed by atoms with Crippen LogP contribution in [0.5, 0.6) is 11.5 Å². The Bertz CT molecular complexity index is 402. The van der Waals surface area contributed by atoms with E-state index in [0.717, 1.165) is 23.3 Å². The number of benzene rings is 1. The van der Waals surface area contributed by atoms with Gasteiger partial charge in [0.2, 0.25) is 0 Å². The van der Waals surface area contributed by atoms with Crippen LogP contribution >= 0.6 is 11.6 Å². The second-order valence-electron chi connectivity index (χ2n) is 4.01. The van der Waals surface area contributed by atoms with Gasteiger partial charge < -0.3 is 14.6 Å². The number of aliphatic hydroxyl groups excluding tert-OH is 1. The van der Waals surface area contributed by atoms with Gasteiger partial charge in [0.25, 0.3) is 0 Å². The molecule has 1 aliphatic rings. The summed E-state index contributed by atoms with van der Waals surface area (Å²) in [5.74, 6) is 1.45. The SMILES string of the molecule is COc1cc(CC(C)O)c(Cl)c2c1OCC2. The van der Waals surface area contributed by atoms with Crippen LogP contribution in [0.2, 0.25) is 5.02 Å². The summed E-state index contributed by atoms with van der Waals surface area (Å²) in [6, 6.07) is 1.85. The number of aliphatic hydroxyl groups is 1. The zero-order valence-electron chi connectivity index (χ0n) is 9.42. The molecule has 16 heavy (non-hydrogen) atoms. The molecule has 0 saturated heterocycles. The van der Waals surface area contributed by atoms with E-state index in [1.165, 1.54) is 0 Å². The zero-order valence-corrected chi connectivity index (χ0v) is 10.2. The van der Waals surface area contributed by atoms with Gasteiger partial charge in [0.05, 0.1) is 24.8 Å². The molecule has 0 bridgehead atoms. The van der Waals surface area contributed by atoms with Crippen molar-refractivity contribution >= 4 is 11.6 Å². The first kappa shape index (κ1) is 11.6. The van der Waals surface area contributed by atoms with E-state index in [0.29, 0.717) is 23.8 Å².